The molecule has 0 atom stereocenters. The average Bonchev–Trinajstić information content (AvgIpc) is 2.66. The van der Waals surface area contributed by atoms with Crippen LogP contribution in [-0.2, 0) is 11.2 Å². The van der Waals surface area contributed by atoms with Crippen LogP contribution < -0.4 is 15.7 Å². The highest BCUT2D eigenvalue weighted by Gasteiger charge is 2.11. The molecular weight excluding hydrogens is 354 g/mol. The number of nitrogens with one attached hydrogen (secondary N) is 1. The molecule has 146 valence electrons. The third-order valence-electron chi connectivity index (χ3n) is 4.55. The lowest BCUT2D eigenvalue weighted by molar-refractivity contribution is -0.118. The minimum Gasteiger partial charge on any atom is -0.484 e. The fourth-order valence-corrected chi connectivity index (χ4v) is 3.23. The number of anilines is 1. The first-order valence-electron chi connectivity index (χ1n) is 9.56. The Hall–Kier alpha value is -3.08. The van der Waals surface area contributed by atoms with Gasteiger partial charge in [-0.25, -0.2) is 4.79 Å². The number of carbonyl (C=O) groups is 1. The third kappa shape index (κ3) is 4.60. The maximum Gasteiger partial charge on any atom is 0.336 e. The summed E-state index contributed by atoms with van der Waals surface area (Å²) in [5, 5.41) is 3.79. The molecule has 1 heterocycles. The van der Waals surface area contributed by atoms with E-state index in [0.717, 1.165) is 35.0 Å². The summed E-state index contributed by atoms with van der Waals surface area (Å²) < 4.78 is 10.9. The number of hydrogen-bond donors (Lipinski definition) is 1. The first kappa shape index (κ1) is 19.7. The molecule has 0 aliphatic rings. The first-order valence-corrected chi connectivity index (χ1v) is 9.56. The van der Waals surface area contributed by atoms with Crippen LogP contribution in [0.3, 0.4) is 0 Å². The Bertz CT molecular complexity index is 1040. The van der Waals surface area contributed by atoms with Crippen LogP contribution in [0.4, 0.5) is 5.69 Å². The summed E-state index contributed by atoms with van der Waals surface area (Å²) in [5.41, 5.74) is 2.92. The number of benzene rings is 2. The van der Waals surface area contributed by atoms with Gasteiger partial charge in [-0.15, -0.1) is 0 Å². The first-order chi connectivity index (χ1) is 13.5. The lowest BCUT2D eigenvalue weighted by atomic mass is 10.0. The van der Waals surface area contributed by atoms with Crippen molar-refractivity contribution < 1.29 is 13.9 Å². The molecule has 1 aromatic heterocycles. The standard InChI is InChI=1S/C23H25NO4/c1-4-7-16-12-23(26)28-21-13-17(10-11-19(16)21)27-14-22(25)24-20-9-6-5-8-18(20)15(2)3/h5-6,8-13,15H,4,7,14H2,1-3H3,(H,24,25). The molecule has 28 heavy (non-hydrogen) atoms. The lowest BCUT2D eigenvalue weighted by Gasteiger charge is -2.14. The van der Waals surface area contributed by atoms with Gasteiger partial charge in [0.15, 0.2) is 6.61 Å². The zero-order valence-electron chi connectivity index (χ0n) is 16.5. The second-order valence-corrected chi connectivity index (χ2v) is 7.08. The molecule has 5 nitrogen and oxygen atoms in total. The Balaban J connectivity index is 1.72. The summed E-state index contributed by atoms with van der Waals surface area (Å²) in [4.78, 5) is 24.1. The third-order valence-corrected chi connectivity index (χ3v) is 4.55. The number of amides is 1. The van der Waals surface area contributed by atoms with Crippen LogP contribution in [0.1, 0.15) is 44.2 Å². The molecule has 1 N–H and O–H groups in total. The van der Waals surface area contributed by atoms with Crippen molar-refractivity contribution in [2.45, 2.75) is 39.5 Å². The van der Waals surface area contributed by atoms with Gasteiger partial charge in [-0.2, -0.15) is 0 Å². The highest BCUT2D eigenvalue weighted by Crippen LogP contribution is 2.25. The molecule has 2 aromatic carbocycles. The van der Waals surface area contributed by atoms with E-state index >= 15 is 0 Å². The van der Waals surface area contributed by atoms with Gasteiger partial charge in [0.05, 0.1) is 0 Å². The molecule has 0 saturated carbocycles. The normalized spacial score (nSPS) is 11.0. The monoisotopic (exact) mass is 379 g/mol. The van der Waals surface area contributed by atoms with Crippen LogP contribution in [0, 0.1) is 0 Å². The van der Waals surface area contributed by atoms with Gasteiger partial charge in [-0.1, -0.05) is 45.4 Å². The van der Waals surface area contributed by atoms with E-state index in [0.29, 0.717) is 17.3 Å². The number of para-hydroxylation sites is 1. The Kier molecular flexibility index (Phi) is 6.14. The number of ether oxygens (including phenoxy) is 1. The molecule has 0 unspecified atom stereocenters. The molecule has 3 aromatic rings. The fourth-order valence-electron chi connectivity index (χ4n) is 3.23. The van der Waals surface area contributed by atoms with Crippen molar-refractivity contribution in [1.29, 1.82) is 0 Å². The van der Waals surface area contributed by atoms with Crippen molar-refractivity contribution in [1.82, 2.24) is 0 Å². The van der Waals surface area contributed by atoms with E-state index in [-0.39, 0.29) is 18.1 Å². The van der Waals surface area contributed by atoms with Crippen molar-refractivity contribution in [3.05, 3.63) is 70.1 Å². The van der Waals surface area contributed by atoms with E-state index < -0.39 is 0 Å². The maximum absolute atomic E-state index is 12.3. The summed E-state index contributed by atoms with van der Waals surface area (Å²) in [6, 6.07) is 14.6. The summed E-state index contributed by atoms with van der Waals surface area (Å²) in [6.07, 6.45) is 1.74. The van der Waals surface area contributed by atoms with Gasteiger partial charge in [0.1, 0.15) is 11.3 Å². The highest BCUT2D eigenvalue weighted by molar-refractivity contribution is 5.92. The summed E-state index contributed by atoms with van der Waals surface area (Å²) in [6.45, 7) is 6.10. The number of carbonyl (C=O) groups excluding carboxylic acids is 1. The lowest BCUT2D eigenvalue weighted by Crippen LogP contribution is -2.21. The predicted molar refractivity (Wildman–Crippen MR) is 111 cm³/mol. The van der Waals surface area contributed by atoms with Gasteiger partial charge in [0.25, 0.3) is 5.91 Å². The van der Waals surface area contributed by atoms with Crippen LogP contribution in [0.15, 0.2) is 57.7 Å². The summed E-state index contributed by atoms with van der Waals surface area (Å²) in [5.74, 6) is 0.545. The average molecular weight is 379 g/mol. The number of hydrogen-bond acceptors (Lipinski definition) is 4. The number of fused-ring (bicyclic) bond motifs is 1. The maximum atomic E-state index is 12.3. The van der Waals surface area contributed by atoms with Gasteiger partial charge in [-0.3, -0.25) is 4.79 Å². The Morgan fingerprint density at radius 3 is 2.68 bits per heavy atom. The minimum atomic E-state index is -0.379. The van der Waals surface area contributed by atoms with Gasteiger partial charge in [-0.05, 0) is 41.7 Å². The van der Waals surface area contributed by atoms with E-state index in [2.05, 4.69) is 26.1 Å². The van der Waals surface area contributed by atoms with Crippen LogP contribution in [-0.4, -0.2) is 12.5 Å². The second-order valence-electron chi connectivity index (χ2n) is 7.08. The molecule has 1 amide bonds. The van der Waals surface area contributed by atoms with Crippen LogP contribution >= 0.6 is 0 Å². The molecule has 0 bridgehead atoms. The van der Waals surface area contributed by atoms with Gasteiger partial charge >= 0.3 is 5.63 Å². The Labute approximate surface area is 164 Å². The number of aryl methyl sites for hydroxylation is 1. The zero-order chi connectivity index (χ0) is 20.1. The molecule has 0 spiro atoms. The van der Waals surface area contributed by atoms with Crippen molar-refractivity contribution in [3.8, 4) is 5.75 Å². The number of rotatable bonds is 7. The van der Waals surface area contributed by atoms with E-state index in [4.69, 9.17) is 9.15 Å². The van der Waals surface area contributed by atoms with E-state index in [9.17, 15) is 9.59 Å². The molecular formula is C23H25NO4. The van der Waals surface area contributed by atoms with E-state index in [1.807, 2.05) is 30.3 Å². The Morgan fingerprint density at radius 1 is 1.14 bits per heavy atom. The van der Waals surface area contributed by atoms with Gasteiger partial charge in [0, 0.05) is 23.2 Å². The van der Waals surface area contributed by atoms with E-state index in [1.165, 1.54) is 6.07 Å². The quantitative estimate of drug-likeness (QED) is 0.594. The van der Waals surface area contributed by atoms with Crippen LogP contribution in [0.5, 0.6) is 5.75 Å². The van der Waals surface area contributed by atoms with Crippen molar-refractivity contribution >= 4 is 22.6 Å². The summed E-state index contributed by atoms with van der Waals surface area (Å²) >= 11 is 0. The Morgan fingerprint density at radius 2 is 1.93 bits per heavy atom. The predicted octanol–water partition coefficient (Wildman–Crippen LogP) is 4.89. The highest BCUT2D eigenvalue weighted by atomic mass is 16.5. The van der Waals surface area contributed by atoms with Gasteiger partial charge in [0.2, 0.25) is 0 Å². The molecule has 0 saturated heterocycles. The SMILES string of the molecule is CCCc1cc(=O)oc2cc(OCC(=O)Nc3ccccc3C(C)C)ccc12. The fraction of sp³-hybridized carbons (Fsp3) is 0.304. The molecule has 3 rings (SSSR count). The molecule has 0 fully saturated rings. The molecule has 0 aliphatic heterocycles. The van der Waals surface area contributed by atoms with Gasteiger partial charge < -0.3 is 14.5 Å². The van der Waals surface area contributed by atoms with Crippen LogP contribution in [0.25, 0.3) is 11.0 Å². The zero-order valence-corrected chi connectivity index (χ0v) is 16.5. The minimum absolute atomic E-state index is 0.128. The van der Waals surface area contributed by atoms with Crippen molar-refractivity contribution in [3.63, 3.8) is 0 Å². The van der Waals surface area contributed by atoms with E-state index in [1.54, 1.807) is 12.1 Å². The van der Waals surface area contributed by atoms with Crippen molar-refractivity contribution in [2.75, 3.05) is 11.9 Å². The topological polar surface area (TPSA) is 68.5 Å². The van der Waals surface area contributed by atoms with Crippen LogP contribution in [0.2, 0.25) is 0 Å². The summed E-state index contributed by atoms with van der Waals surface area (Å²) in [7, 11) is 0. The molecule has 5 heteroatoms. The smallest absolute Gasteiger partial charge is 0.336 e. The largest absolute Gasteiger partial charge is 0.484 e. The molecule has 0 aliphatic carbocycles. The second kappa shape index (κ2) is 8.74. The molecule has 0 radical (unpaired) electrons. The van der Waals surface area contributed by atoms with Crippen molar-refractivity contribution in [2.24, 2.45) is 0 Å².